The monoisotopic (exact) mass is 483 g/mol. The Morgan fingerprint density at radius 2 is 1.76 bits per heavy atom. The molecule has 6 nitrogen and oxygen atoms in total. The number of halogens is 2. The quantitative estimate of drug-likeness (QED) is 0.340. The van der Waals surface area contributed by atoms with Gasteiger partial charge in [0.1, 0.15) is 5.75 Å². The highest BCUT2D eigenvalue weighted by atomic mass is 127. The zero-order valence-corrected chi connectivity index (χ0v) is 13.4. The third-order valence-electron chi connectivity index (χ3n) is 1.70. The Balaban J connectivity index is 0.000000249. The molecule has 0 spiro atoms. The molecule has 0 saturated heterocycles. The Morgan fingerprint density at radius 3 is 2.29 bits per heavy atom. The fourth-order valence-corrected chi connectivity index (χ4v) is 2.32. The van der Waals surface area contributed by atoms with Gasteiger partial charge in [0.25, 0.3) is 0 Å². The van der Waals surface area contributed by atoms with E-state index in [0.29, 0.717) is 5.75 Å². The molecule has 0 unspecified atom stereocenters. The summed E-state index contributed by atoms with van der Waals surface area (Å²) in [5, 5.41) is 10.4. The van der Waals surface area contributed by atoms with E-state index in [1.165, 1.54) is 0 Å². The van der Waals surface area contributed by atoms with Crippen LogP contribution < -0.4 is 0 Å². The van der Waals surface area contributed by atoms with Crippen molar-refractivity contribution in [3.8, 4) is 5.75 Å². The van der Waals surface area contributed by atoms with Crippen molar-refractivity contribution in [1.82, 2.24) is 2.78 Å². The third kappa shape index (κ3) is 5.10. The normalized spacial score (nSPS) is 11.1. The maximum absolute atomic E-state index is 9.49. The summed E-state index contributed by atoms with van der Waals surface area (Å²) in [6.07, 6.45) is 1.71. The van der Waals surface area contributed by atoms with Crippen molar-refractivity contribution in [2.75, 3.05) is 0 Å². The van der Waals surface area contributed by atoms with E-state index in [-0.39, 0.29) is 0 Å². The summed E-state index contributed by atoms with van der Waals surface area (Å²) in [7, 11) is -4.64. The molecule has 0 aliphatic carbocycles. The summed E-state index contributed by atoms with van der Waals surface area (Å²) >= 11 is 4.38. The van der Waals surface area contributed by atoms with Crippen molar-refractivity contribution in [2.24, 2.45) is 0 Å². The zero-order chi connectivity index (χ0) is 13.2. The standard InChI is InChI=1S/C8H5I2NO.H3O4P/c9-5-1-2-7-6(3-5)8(12)4-11(7)10;1-5(2,3)4/h1-4,12H;(H3,1,2,3,4). The van der Waals surface area contributed by atoms with E-state index in [0.717, 1.165) is 14.5 Å². The minimum absolute atomic E-state index is 0.345. The summed E-state index contributed by atoms with van der Waals surface area (Å²) in [5.41, 5.74) is 1.05. The van der Waals surface area contributed by atoms with E-state index >= 15 is 0 Å². The first-order chi connectivity index (χ1) is 7.68. The van der Waals surface area contributed by atoms with Gasteiger partial charge < -0.3 is 19.8 Å². The lowest BCUT2D eigenvalue weighted by molar-refractivity contribution is 0.275. The summed E-state index contributed by atoms with van der Waals surface area (Å²) in [5.74, 6) is 0.345. The SMILES string of the molecule is O=P(O)(O)O.Oc1cn(I)c2ccc(I)cc12. The van der Waals surface area contributed by atoms with Gasteiger partial charge in [-0.2, -0.15) is 0 Å². The van der Waals surface area contributed by atoms with Crippen LogP contribution in [0.15, 0.2) is 24.4 Å². The number of nitrogens with zero attached hydrogens (tertiary/aromatic N) is 1. The number of aromatic nitrogens is 1. The molecule has 4 N–H and O–H groups in total. The number of aromatic hydroxyl groups is 1. The summed E-state index contributed by atoms with van der Waals surface area (Å²) < 4.78 is 11.9. The smallest absolute Gasteiger partial charge is 0.466 e. The van der Waals surface area contributed by atoms with Gasteiger partial charge in [-0.25, -0.2) is 4.57 Å². The van der Waals surface area contributed by atoms with Crippen LogP contribution in [0.3, 0.4) is 0 Å². The van der Waals surface area contributed by atoms with Gasteiger partial charge in [-0.3, -0.25) is 2.78 Å². The Labute approximate surface area is 124 Å². The van der Waals surface area contributed by atoms with Gasteiger partial charge in [-0.1, -0.05) is 0 Å². The van der Waals surface area contributed by atoms with Gasteiger partial charge in [0, 0.05) is 8.96 Å². The molecule has 0 aliphatic rings. The lowest BCUT2D eigenvalue weighted by atomic mass is 10.2. The molecule has 1 aromatic heterocycles. The predicted octanol–water partition coefficient (Wildman–Crippen LogP) is 2.22. The van der Waals surface area contributed by atoms with Crippen LogP contribution in [0.2, 0.25) is 0 Å². The van der Waals surface area contributed by atoms with Gasteiger partial charge in [0.05, 0.1) is 34.6 Å². The molecule has 0 bridgehead atoms. The Morgan fingerprint density at radius 1 is 1.24 bits per heavy atom. The first kappa shape index (κ1) is 15.2. The fraction of sp³-hybridized carbons (Fsp3) is 0. The van der Waals surface area contributed by atoms with E-state index < -0.39 is 7.82 Å². The van der Waals surface area contributed by atoms with Crippen LogP contribution in [-0.4, -0.2) is 22.6 Å². The number of hydrogen-bond acceptors (Lipinski definition) is 2. The molecule has 0 aliphatic heterocycles. The average Bonchev–Trinajstić information content (AvgIpc) is 2.39. The van der Waals surface area contributed by atoms with Crippen LogP contribution in [0.1, 0.15) is 0 Å². The van der Waals surface area contributed by atoms with Crippen LogP contribution >= 0.6 is 53.3 Å². The second-order valence-electron chi connectivity index (χ2n) is 3.00. The molecule has 1 heterocycles. The molecule has 0 amide bonds. The Kier molecular flexibility index (Phi) is 5.22. The van der Waals surface area contributed by atoms with Crippen molar-refractivity contribution in [2.45, 2.75) is 0 Å². The van der Waals surface area contributed by atoms with E-state index in [2.05, 4.69) is 45.5 Å². The second-order valence-corrected chi connectivity index (χ2v) is 6.31. The Bertz CT molecular complexity index is 570. The highest BCUT2D eigenvalue weighted by molar-refractivity contribution is 14.1. The van der Waals surface area contributed by atoms with Gasteiger partial charge >= 0.3 is 7.82 Å². The highest BCUT2D eigenvalue weighted by Gasteiger charge is 2.05. The number of hydrogen-bond donors (Lipinski definition) is 4. The van der Waals surface area contributed by atoms with Crippen LogP contribution in [0.4, 0.5) is 0 Å². The summed E-state index contributed by atoms with van der Waals surface area (Å²) in [6.45, 7) is 0. The highest BCUT2D eigenvalue weighted by Crippen LogP contribution is 2.29. The molecule has 94 valence electrons. The van der Waals surface area contributed by atoms with Gasteiger partial charge in [-0.05, 0) is 40.8 Å². The molecule has 0 fully saturated rings. The van der Waals surface area contributed by atoms with E-state index in [9.17, 15) is 5.11 Å². The van der Waals surface area contributed by atoms with Crippen molar-refractivity contribution < 1.29 is 24.4 Å². The van der Waals surface area contributed by atoms with Crippen LogP contribution in [0, 0.1) is 3.57 Å². The summed E-state index contributed by atoms with van der Waals surface area (Å²) in [4.78, 5) is 21.6. The second kappa shape index (κ2) is 5.85. The number of fused-ring (bicyclic) bond motifs is 1. The molecule has 0 saturated carbocycles. The lowest BCUT2D eigenvalue weighted by Crippen LogP contribution is -1.75. The maximum Gasteiger partial charge on any atom is 0.466 e. The topological polar surface area (TPSA) is 103 Å². The molecular weight excluding hydrogens is 475 g/mol. The van der Waals surface area contributed by atoms with E-state index in [4.69, 9.17) is 19.2 Å². The minimum atomic E-state index is -4.64. The number of phosphoric acid groups is 1. The van der Waals surface area contributed by atoms with Crippen molar-refractivity contribution in [1.29, 1.82) is 0 Å². The number of benzene rings is 1. The Hall–Kier alpha value is 0.130. The zero-order valence-electron chi connectivity index (χ0n) is 8.16. The summed E-state index contributed by atoms with van der Waals surface area (Å²) in [6, 6.07) is 6.00. The molecule has 0 atom stereocenters. The first-order valence-electron chi connectivity index (χ1n) is 4.12. The number of rotatable bonds is 0. The largest absolute Gasteiger partial charge is 0.506 e. The van der Waals surface area contributed by atoms with Crippen LogP contribution in [0.25, 0.3) is 10.9 Å². The average molecular weight is 483 g/mol. The van der Waals surface area contributed by atoms with Crippen molar-refractivity contribution in [3.63, 3.8) is 0 Å². The van der Waals surface area contributed by atoms with Gasteiger partial charge in [0.15, 0.2) is 0 Å². The van der Waals surface area contributed by atoms with Crippen LogP contribution in [0.5, 0.6) is 5.75 Å². The first-order valence-corrected chi connectivity index (χ1v) is 7.73. The molecule has 9 heteroatoms. The molecule has 17 heavy (non-hydrogen) atoms. The molecule has 2 rings (SSSR count). The van der Waals surface area contributed by atoms with Crippen LogP contribution in [-0.2, 0) is 4.57 Å². The van der Waals surface area contributed by atoms with Gasteiger partial charge in [-0.15, -0.1) is 0 Å². The maximum atomic E-state index is 9.49. The predicted molar refractivity (Wildman–Crippen MR) is 80.0 cm³/mol. The van der Waals surface area contributed by atoms with Crippen molar-refractivity contribution >= 4 is 64.2 Å². The lowest BCUT2D eigenvalue weighted by Gasteiger charge is -1.93. The molecular formula is C8H8I2NO5P. The molecule has 2 aromatic rings. The van der Waals surface area contributed by atoms with E-state index in [1.54, 1.807) is 6.20 Å². The third-order valence-corrected chi connectivity index (χ3v) is 3.17. The fourth-order valence-electron chi connectivity index (χ4n) is 1.15. The minimum Gasteiger partial charge on any atom is -0.506 e. The van der Waals surface area contributed by atoms with Gasteiger partial charge in [0.2, 0.25) is 0 Å². The van der Waals surface area contributed by atoms with E-state index in [1.807, 2.05) is 21.0 Å². The molecule has 1 aromatic carbocycles. The van der Waals surface area contributed by atoms with Crippen molar-refractivity contribution in [3.05, 3.63) is 28.0 Å². The molecule has 0 radical (unpaired) electrons.